The number of hydrogen-bond donors (Lipinski definition) is 0. The van der Waals surface area contributed by atoms with Gasteiger partial charge in [-0.05, 0) is 24.6 Å². The van der Waals surface area contributed by atoms with Crippen LogP contribution in [0.1, 0.15) is 12.5 Å². The third-order valence-corrected chi connectivity index (χ3v) is 5.60. The molecule has 8 nitrogen and oxygen atoms in total. The first-order valence-corrected chi connectivity index (χ1v) is 9.77. The van der Waals surface area contributed by atoms with Crippen LogP contribution in [0.25, 0.3) is 11.2 Å². The molecule has 0 spiro atoms. The fraction of sp³-hybridized carbons (Fsp3) is 0.353. The van der Waals surface area contributed by atoms with Crippen LogP contribution < -0.4 is 9.64 Å². The third kappa shape index (κ3) is 3.34. The van der Waals surface area contributed by atoms with Crippen molar-refractivity contribution in [2.75, 3.05) is 25.6 Å². The maximum Gasteiger partial charge on any atom is 0.251 e. The Bertz CT molecular complexity index is 1030. The molecule has 0 saturated carbocycles. The van der Waals surface area contributed by atoms with Crippen LogP contribution in [0.5, 0.6) is 5.75 Å². The molecule has 1 aromatic carbocycles. The Morgan fingerprint density at radius 3 is 2.50 bits per heavy atom. The molecule has 2 aromatic heterocycles. The summed E-state index contributed by atoms with van der Waals surface area (Å²) in [5, 5.41) is -0.195. The summed E-state index contributed by atoms with van der Waals surface area (Å²) in [6.07, 6.45) is 1.60. The van der Waals surface area contributed by atoms with Crippen molar-refractivity contribution >= 4 is 26.8 Å². The summed E-state index contributed by atoms with van der Waals surface area (Å²) >= 11 is 0. The maximum atomic E-state index is 12.9. The maximum absolute atomic E-state index is 12.9. The lowest BCUT2D eigenvalue weighted by Gasteiger charge is -2.16. The van der Waals surface area contributed by atoms with Gasteiger partial charge < -0.3 is 14.2 Å². The quantitative estimate of drug-likeness (QED) is 0.607. The number of benzene rings is 1. The monoisotopic (exact) mass is 375 g/mol. The number of methoxy groups -OCH3 is 1. The standard InChI is InChI=1S/C17H21N5O3S/c1-5-21(2)15-14-16(22(3)11-18-14)20-17(19-15)26(23,24)10-12-6-8-13(25-4)9-7-12/h6-9,11H,5,10H2,1-4H3. The molecule has 2 heterocycles. The highest BCUT2D eigenvalue weighted by molar-refractivity contribution is 7.90. The first kappa shape index (κ1) is 18.1. The Hall–Kier alpha value is -2.68. The van der Waals surface area contributed by atoms with Crippen LogP contribution in [-0.2, 0) is 22.6 Å². The molecule has 0 atom stereocenters. The van der Waals surface area contributed by atoms with Crippen LogP contribution in [-0.4, -0.2) is 48.6 Å². The van der Waals surface area contributed by atoms with Gasteiger partial charge in [0.25, 0.3) is 5.16 Å². The van der Waals surface area contributed by atoms with Crippen LogP contribution in [0.3, 0.4) is 0 Å². The molecular weight excluding hydrogens is 354 g/mol. The largest absolute Gasteiger partial charge is 0.497 e. The second kappa shape index (κ2) is 6.91. The molecule has 138 valence electrons. The van der Waals surface area contributed by atoms with Gasteiger partial charge in [-0.1, -0.05) is 12.1 Å². The Morgan fingerprint density at radius 1 is 1.19 bits per heavy atom. The molecule has 0 aliphatic rings. The number of aromatic nitrogens is 4. The summed E-state index contributed by atoms with van der Waals surface area (Å²) in [5.74, 6) is 0.993. The minimum Gasteiger partial charge on any atom is -0.497 e. The fourth-order valence-corrected chi connectivity index (χ4v) is 3.74. The number of hydrogen-bond acceptors (Lipinski definition) is 7. The van der Waals surface area contributed by atoms with Crippen LogP contribution in [0.4, 0.5) is 5.82 Å². The Kier molecular flexibility index (Phi) is 4.82. The molecule has 0 N–H and O–H groups in total. The summed E-state index contributed by atoms with van der Waals surface area (Å²) in [5.41, 5.74) is 1.72. The number of ether oxygens (including phenoxy) is 1. The highest BCUT2D eigenvalue weighted by Crippen LogP contribution is 2.24. The highest BCUT2D eigenvalue weighted by atomic mass is 32.2. The topological polar surface area (TPSA) is 90.2 Å². The van der Waals surface area contributed by atoms with E-state index in [0.29, 0.717) is 34.8 Å². The van der Waals surface area contributed by atoms with Gasteiger partial charge in [-0.15, -0.1) is 0 Å². The van der Waals surface area contributed by atoms with Gasteiger partial charge >= 0.3 is 0 Å². The highest BCUT2D eigenvalue weighted by Gasteiger charge is 2.24. The van der Waals surface area contributed by atoms with Crippen LogP contribution in [0, 0.1) is 0 Å². The minimum atomic E-state index is -3.71. The molecule has 0 fully saturated rings. The van der Waals surface area contributed by atoms with Crippen molar-refractivity contribution in [1.29, 1.82) is 0 Å². The van der Waals surface area contributed by atoms with E-state index >= 15 is 0 Å². The Morgan fingerprint density at radius 2 is 1.88 bits per heavy atom. The van der Waals surface area contributed by atoms with Crippen molar-refractivity contribution in [3.63, 3.8) is 0 Å². The Labute approximate surface area is 152 Å². The lowest BCUT2D eigenvalue weighted by molar-refractivity contribution is 0.414. The molecule has 0 aliphatic carbocycles. The number of imidazole rings is 1. The van der Waals surface area contributed by atoms with Crippen molar-refractivity contribution in [3.05, 3.63) is 36.2 Å². The van der Waals surface area contributed by atoms with Gasteiger partial charge in [-0.2, -0.15) is 9.97 Å². The van der Waals surface area contributed by atoms with E-state index in [1.54, 1.807) is 49.3 Å². The number of nitrogens with zero attached hydrogens (tertiary/aromatic N) is 5. The first-order chi connectivity index (χ1) is 12.4. The predicted octanol–water partition coefficient (Wildman–Crippen LogP) is 1.80. The van der Waals surface area contributed by atoms with Crippen LogP contribution >= 0.6 is 0 Å². The van der Waals surface area contributed by atoms with Gasteiger partial charge in [-0.25, -0.2) is 13.4 Å². The molecule has 0 aliphatic heterocycles. The molecule has 0 radical (unpaired) electrons. The van der Waals surface area contributed by atoms with E-state index in [0.717, 1.165) is 0 Å². The zero-order chi connectivity index (χ0) is 18.9. The lowest BCUT2D eigenvalue weighted by atomic mass is 10.2. The van der Waals surface area contributed by atoms with Gasteiger partial charge in [0.2, 0.25) is 9.84 Å². The van der Waals surface area contributed by atoms with Crippen molar-refractivity contribution in [1.82, 2.24) is 19.5 Å². The number of aryl methyl sites for hydroxylation is 1. The number of sulfone groups is 1. The van der Waals surface area contributed by atoms with E-state index < -0.39 is 9.84 Å². The van der Waals surface area contributed by atoms with E-state index in [1.165, 1.54) is 0 Å². The molecule has 3 aromatic rings. The zero-order valence-electron chi connectivity index (χ0n) is 15.2. The van der Waals surface area contributed by atoms with Crippen molar-refractivity contribution in [3.8, 4) is 5.75 Å². The SMILES string of the molecule is CCN(C)c1nc(S(=O)(=O)Cc2ccc(OC)cc2)nc2c1ncn2C. The van der Waals surface area contributed by atoms with E-state index in [1.807, 2.05) is 18.9 Å². The van der Waals surface area contributed by atoms with Crippen molar-refractivity contribution < 1.29 is 13.2 Å². The van der Waals surface area contributed by atoms with E-state index in [9.17, 15) is 8.42 Å². The summed E-state index contributed by atoms with van der Waals surface area (Å²) < 4.78 is 32.6. The smallest absolute Gasteiger partial charge is 0.251 e. The van der Waals surface area contributed by atoms with E-state index in [2.05, 4.69) is 15.0 Å². The second-order valence-corrected chi connectivity index (χ2v) is 7.86. The first-order valence-electron chi connectivity index (χ1n) is 8.11. The summed E-state index contributed by atoms with van der Waals surface area (Å²) in [7, 11) is 1.47. The zero-order valence-corrected chi connectivity index (χ0v) is 16.0. The molecule has 0 bridgehead atoms. The lowest BCUT2D eigenvalue weighted by Crippen LogP contribution is -2.20. The second-order valence-electron chi connectivity index (χ2n) is 5.98. The summed E-state index contributed by atoms with van der Waals surface area (Å²) in [6.45, 7) is 2.63. The van der Waals surface area contributed by atoms with E-state index in [4.69, 9.17) is 4.74 Å². The van der Waals surface area contributed by atoms with Crippen molar-refractivity contribution in [2.45, 2.75) is 17.8 Å². The minimum absolute atomic E-state index is 0.185. The number of fused-ring (bicyclic) bond motifs is 1. The summed E-state index contributed by atoms with van der Waals surface area (Å²) in [4.78, 5) is 14.7. The predicted molar refractivity (Wildman–Crippen MR) is 99.1 cm³/mol. The third-order valence-electron chi connectivity index (χ3n) is 4.15. The molecular formula is C17H21N5O3S. The fourth-order valence-electron chi connectivity index (χ4n) is 2.53. The van der Waals surface area contributed by atoms with Crippen LogP contribution in [0.2, 0.25) is 0 Å². The molecule has 0 unspecified atom stereocenters. The molecule has 3 rings (SSSR count). The molecule has 0 saturated heterocycles. The summed E-state index contributed by atoms with van der Waals surface area (Å²) in [6, 6.07) is 6.90. The van der Waals surface area contributed by atoms with Crippen molar-refractivity contribution in [2.24, 2.45) is 7.05 Å². The van der Waals surface area contributed by atoms with Gasteiger partial charge in [0.05, 0.1) is 19.2 Å². The van der Waals surface area contributed by atoms with E-state index in [-0.39, 0.29) is 10.9 Å². The van der Waals surface area contributed by atoms with Gasteiger partial charge in [0.15, 0.2) is 17.0 Å². The molecule has 26 heavy (non-hydrogen) atoms. The number of anilines is 1. The van der Waals surface area contributed by atoms with Gasteiger partial charge in [0, 0.05) is 20.6 Å². The average molecular weight is 375 g/mol. The average Bonchev–Trinajstić information content (AvgIpc) is 3.02. The van der Waals surface area contributed by atoms with Crippen LogP contribution in [0.15, 0.2) is 35.7 Å². The normalized spacial score (nSPS) is 11.7. The van der Waals surface area contributed by atoms with Gasteiger partial charge in [0.1, 0.15) is 5.75 Å². The number of rotatable bonds is 6. The van der Waals surface area contributed by atoms with Gasteiger partial charge in [-0.3, -0.25) is 0 Å². The molecule has 0 amide bonds. The molecule has 9 heteroatoms. The Balaban J connectivity index is 2.05.